The van der Waals surface area contributed by atoms with Crippen LogP contribution in [0.2, 0.25) is 0 Å². The molecule has 1 aliphatic carbocycles. The summed E-state index contributed by atoms with van der Waals surface area (Å²) in [6, 6.07) is 4.24. The molecule has 1 atom stereocenters. The number of fused-ring (bicyclic) bond motifs is 1. The Morgan fingerprint density at radius 3 is 2.37 bits per heavy atom. The van der Waals surface area contributed by atoms with Crippen molar-refractivity contribution in [3.8, 4) is 0 Å². The van der Waals surface area contributed by atoms with Crippen molar-refractivity contribution in [2.75, 3.05) is 11.9 Å². The predicted octanol–water partition coefficient (Wildman–Crippen LogP) is 2.04. The summed E-state index contributed by atoms with van der Waals surface area (Å²) in [5, 5.41) is 2.94. The number of hydrogen-bond donors (Lipinski definition) is 1. The quantitative estimate of drug-likeness (QED) is 0.905. The topological polar surface area (TPSA) is 49.4 Å². The summed E-state index contributed by atoms with van der Waals surface area (Å²) >= 11 is 3.51. The van der Waals surface area contributed by atoms with E-state index < -0.39 is 0 Å². The molecule has 1 aromatic rings. The monoisotopic (exact) mass is 324 g/mol. The van der Waals surface area contributed by atoms with Gasteiger partial charge in [0.15, 0.2) is 0 Å². The predicted molar refractivity (Wildman–Crippen MR) is 78.2 cm³/mol. The molecule has 1 aromatic carbocycles. The molecule has 19 heavy (non-hydrogen) atoms. The number of benzene rings is 1. The Labute approximate surface area is 121 Å². The van der Waals surface area contributed by atoms with Crippen molar-refractivity contribution in [3.63, 3.8) is 0 Å². The Hall–Kier alpha value is -1.36. The van der Waals surface area contributed by atoms with Gasteiger partial charge in [-0.15, -0.1) is 0 Å². The van der Waals surface area contributed by atoms with E-state index in [0.29, 0.717) is 0 Å². The molecule has 0 saturated heterocycles. The SMILES string of the molecule is CC(=O)NC1Cc2cc(Br)c(N(C)C(C)=O)cc2C1. The molecule has 2 amide bonds. The van der Waals surface area contributed by atoms with Gasteiger partial charge < -0.3 is 10.2 Å². The zero-order valence-electron chi connectivity index (χ0n) is 11.3. The molecule has 0 spiro atoms. The number of carbonyl (C=O) groups excluding carboxylic acids is 2. The highest BCUT2D eigenvalue weighted by Gasteiger charge is 2.24. The number of nitrogens with one attached hydrogen (secondary N) is 1. The fourth-order valence-corrected chi connectivity index (χ4v) is 3.10. The molecule has 0 bridgehead atoms. The minimum Gasteiger partial charge on any atom is -0.353 e. The number of halogens is 1. The van der Waals surface area contributed by atoms with E-state index in [4.69, 9.17) is 0 Å². The molecule has 1 unspecified atom stereocenters. The van der Waals surface area contributed by atoms with E-state index in [-0.39, 0.29) is 17.9 Å². The largest absolute Gasteiger partial charge is 0.353 e. The Balaban J connectivity index is 2.27. The van der Waals surface area contributed by atoms with Gasteiger partial charge in [-0.25, -0.2) is 0 Å². The Bertz CT molecular complexity index is 542. The molecule has 0 aromatic heterocycles. The molecule has 1 N–H and O–H groups in total. The van der Waals surface area contributed by atoms with Crippen LogP contribution in [0.4, 0.5) is 5.69 Å². The standard InChI is InChI=1S/C14H17BrN2O2/c1-8(18)16-12-4-10-6-13(15)14(7-11(10)5-12)17(3)9(2)19/h6-7,12H,4-5H2,1-3H3,(H,16,18). The summed E-state index contributed by atoms with van der Waals surface area (Å²) in [4.78, 5) is 24.2. The first-order valence-corrected chi connectivity index (χ1v) is 7.00. The maximum atomic E-state index is 11.5. The number of anilines is 1. The van der Waals surface area contributed by atoms with E-state index in [2.05, 4.69) is 21.2 Å². The maximum Gasteiger partial charge on any atom is 0.223 e. The second-order valence-corrected chi connectivity index (χ2v) is 5.81. The lowest BCUT2D eigenvalue weighted by Crippen LogP contribution is -2.33. The third-order valence-corrected chi connectivity index (χ3v) is 4.08. The molecular formula is C14H17BrN2O2. The van der Waals surface area contributed by atoms with Gasteiger partial charge in [-0.05, 0) is 52.0 Å². The molecule has 0 heterocycles. The van der Waals surface area contributed by atoms with Crippen LogP contribution in [0.1, 0.15) is 25.0 Å². The van der Waals surface area contributed by atoms with E-state index in [9.17, 15) is 9.59 Å². The number of rotatable bonds is 2. The van der Waals surface area contributed by atoms with Crippen molar-refractivity contribution in [1.29, 1.82) is 0 Å². The van der Waals surface area contributed by atoms with Crippen LogP contribution in [-0.4, -0.2) is 24.9 Å². The van der Waals surface area contributed by atoms with Gasteiger partial charge in [0, 0.05) is 31.4 Å². The third-order valence-electron chi connectivity index (χ3n) is 3.44. The number of hydrogen-bond acceptors (Lipinski definition) is 2. The summed E-state index contributed by atoms with van der Waals surface area (Å²) in [7, 11) is 1.76. The van der Waals surface area contributed by atoms with Crippen molar-refractivity contribution in [1.82, 2.24) is 5.32 Å². The van der Waals surface area contributed by atoms with Crippen LogP contribution in [0, 0.1) is 0 Å². The molecule has 0 fully saturated rings. The zero-order chi connectivity index (χ0) is 14.2. The van der Waals surface area contributed by atoms with E-state index in [1.165, 1.54) is 18.1 Å². The minimum absolute atomic E-state index is 0.00190. The first kappa shape index (κ1) is 14.1. The van der Waals surface area contributed by atoms with Gasteiger partial charge in [-0.3, -0.25) is 9.59 Å². The highest BCUT2D eigenvalue weighted by molar-refractivity contribution is 9.10. The molecule has 102 valence electrons. The Kier molecular flexibility index (Phi) is 3.94. The van der Waals surface area contributed by atoms with Crippen molar-refractivity contribution in [2.45, 2.75) is 32.7 Å². The van der Waals surface area contributed by atoms with Crippen LogP contribution in [0.25, 0.3) is 0 Å². The first-order valence-electron chi connectivity index (χ1n) is 6.21. The summed E-state index contributed by atoms with van der Waals surface area (Å²) in [5.74, 6) is -0.00462. The zero-order valence-corrected chi connectivity index (χ0v) is 12.9. The molecular weight excluding hydrogens is 308 g/mol. The number of carbonyl (C=O) groups is 2. The van der Waals surface area contributed by atoms with E-state index in [0.717, 1.165) is 23.0 Å². The van der Waals surface area contributed by atoms with Crippen molar-refractivity contribution >= 4 is 33.4 Å². The maximum absolute atomic E-state index is 11.5. The summed E-state index contributed by atoms with van der Waals surface area (Å²) in [6.07, 6.45) is 1.67. The van der Waals surface area contributed by atoms with Crippen LogP contribution < -0.4 is 10.2 Å². The van der Waals surface area contributed by atoms with Crippen LogP contribution >= 0.6 is 15.9 Å². The van der Waals surface area contributed by atoms with Gasteiger partial charge in [0.05, 0.1) is 5.69 Å². The highest BCUT2D eigenvalue weighted by Crippen LogP contribution is 2.33. The van der Waals surface area contributed by atoms with Crippen LogP contribution in [0.5, 0.6) is 0 Å². The fraction of sp³-hybridized carbons (Fsp3) is 0.429. The average Bonchev–Trinajstić information content (AvgIpc) is 2.66. The second-order valence-electron chi connectivity index (χ2n) is 4.96. The molecule has 5 heteroatoms. The molecule has 0 saturated carbocycles. The van der Waals surface area contributed by atoms with Crippen LogP contribution in [0.3, 0.4) is 0 Å². The summed E-state index contributed by atoms with van der Waals surface area (Å²) in [5.41, 5.74) is 3.30. The molecule has 1 aliphatic rings. The van der Waals surface area contributed by atoms with E-state index in [1.807, 2.05) is 12.1 Å². The van der Waals surface area contributed by atoms with Crippen molar-refractivity contribution in [3.05, 3.63) is 27.7 Å². The van der Waals surface area contributed by atoms with Gasteiger partial charge in [0.25, 0.3) is 0 Å². The first-order chi connectivity index (χ1) is 8.88. The van der Waals surface area contributed by atoms with Crippen LogP contribution in [-0.2, 0) is 22.4 Å². The number of nitrogens with zero attached hydrogens (tertiary/aromatic N) is 1. The smallest absolute Gasteiger partial charge is 0.223 e. The van der Waals surface area contributed by atoms with Gasteiger partial charge in [0.2, 0.25) is 11.8 Å². The number of amides is 2. The lowest BCUT2D eigenvalue weighted by Gasteiger charge is -2.18. The van der Waals surface area contributed by atoms with E-state index >= 15 is 0 Å². The minimum atomic E-state index is -0.00272. The molecule has 0 aliphatic heterocycles. The van der Waals surface area contributed by atoms with Crippen LogP contribution in [0.15, 0.2) is 16.6 Å². The van der Waals surface area contributed by atoms with Crippen molar-refractivity contribution in [2.24, 2.45) is 0 Å². The van der Waals surface area contributed by atoms with E-state index in [1.54, 1.807) is 18.9 Å². The average molecular weight is 325 g/mol. The Morgan fingerprint density at radius 1 is 1.26 bits per heavy atom. The normalized spacial score (nSPS) is 16.9. The van der Waals surface area contributed by atoms with Gasteiger partial charge in [0.1, 0.15) is 0 Å². The molecule has 4 nitrogen and oxygen atoms in total. The lowest BCUT2D eigenvalue weighted by molar-refractivity contribution is -0.119. The summed E-state index contributed by atoms with van der Waals surface area (Å²) in [6.45, 7) is 3.08. The van der Waals surface area contributed by atoms with Gasteiger partial charge in [-0.2, -0.15) is 0 Å². The van der Waals surface area contributed by atoms with Gasteiger partial charge >= 0.3 is 0 Å². The molecule has 0 radical (unpaired) electrons. The Morgan fingerprint density at radius 2 is 1.84 bits per heavy atom. The highest BCUT2D eigenvalue weighted by atomic mass is 79.9. The second kappa shape index (κ2) is 5.33. The fourth-order valence-electron chi connectivity index (χ4n) is 2.45. The van der Waals surface area contributed by atoms with Crippen molar-refractivity contribution < 1.29 is 9.59 Å². The summed E-state index contributed by atoms with van der Waals surface area (Å²) < 4.78 is 0.910. The van der Waals surface area contributed by atoms with Gasteiger partial charge in [-0.1, -0.05) is 0 Å². The molecule has 2 rings (SSSR count). The lowest BCUT2D eigenvalue weighted by atomic mass is 10.1. The third kappa shape index (κ3) is 2.97.